The normalized spacial score (nSPS) is 10.8. The Labute approximate surface area is 120 Å². The molecular weight excluding hydrogens is 285 g/mol. The van der Waals surface area contributed by atoms with Gasteiger partial charge in [-0.25, -0.2) is 4.79 Å². The largest absolute Gasteiger partial charge is 0.478 e. The topological polar surface area (TPSA) is 49.7 Å². The monoisotopic (exact) mass is 293 g/mol. The van der Waals surface area contributed by atoms with Crippen LogP contribution in [-0.4, -0.2) is 17.3 Å². The number of nitrogens with zero attached hydrogens (tertiary/aromatic N) is 1. The molecule has 0 aliphatic rings. The zero-order valence-corrected chi connectivity index (χ0v) is 11.2. The molecule has 0 saturated heterocycles. The molecule has 0 amide bonds. The summed E-state index contributed by atoms with van der Waals surface area (Å²) in [4.78, 5) is 14.9. The van der Waals surface area contributed by atoms with Crippen molar-refractivity contribution in [2.45, 2.75) is 0 Å². The molecular formula is C14H9Cl2NO2. The van der Waals surface area contributed by atoms with Crippen molar-refractivity contribution in [3.8, 4) is 0 Å². The van der Waals surface area contributed by atoms with E-state index in [9.17, 15) is 4.79 Å². The van der Waals surface area contributed by atoms with Crippen LogP contribution in [0.4, 0.5) is 5.69 Å². The first-order valence-electron chi connectivity index (χ1n) is 5.39. The van der Waals surface area contributed by atoms with E-state index >= 15 is 0 Å². The quantitative estimate of drug-likeness (QED) is 0.851. The van der Waals surface area contributed by atoms with Crippen LogP contribution in [-0.2, 0) is 0 Å². The number of benzene rings is 2. The van der Waals surface area contributed by atoms with Gasteiger partial charge in [-0.2, -0.15) is 0 Å². The van der Waals surface area contributed by atoms with Crippen molar-refractivity contribution in [3.63, 3.8) is 0 Å². The van der Waals surface area contributed by atoms with Gasteiger partial charge in [0.2, 0.25) is 0 Å². The van der Waals surface area contributed by atoms with Crippen LogP contribution in [0.1, 0.15) is 15.9 Å². The molecule has 3 nitrogen and oxygen atoms in total. The first-order chi connectivity index (χ1) is 9.08. The van der Waals surface area contributed by atoms with Crippen molar-refractivity contribution in [1.82, 2.24) is 0 Å². The van der Waals surface area contributed by atoms with Crippen LogP contribution in [0.15, 0.2) is 47.5 Å². The third-order valence-electron chi connectivity index (χ3n) is 2.44. The molecule has 1 N–H and O–H groups in total. The molecule has 0 atom stereocenters. The van der Waals surface area contributed by atoms with Crippen LogP contribution >= 0.6 is 23.2 Å². The Balaban J connectivity index is 2.23. The molecule has 0 fully saturated rings. The molecule has 0 aliphatic carbocycles. The average molecular weight is 294 g/mol. The fourth-order valence-corrected chi connectivity index (χ4v) is 1.79. The second kappa shape index (κ2) is 5.87. The van der Waals surface area contributed by atoms with Crippen LogP contribution in [0.25, 0.3) is 0 Å². The third-order valence-corrected chi connectivity index (χ3v) is 3.25. The number of hydrogen-bond acceptors (Lipinski definition) is 2. The van der Waals surface area contributed by atoms with Crippen LogP contribution < -0.4 is 0 Å². The summed E-state index contributed by atoms with van der Waals surface area (Å²) >= 11 is 11.9. The smallest absolute Gasteiger partial charge is 0.335 e. The Hall–Kier alpha value is -1.84. The summed E-state index contributed by atoms with van der Waals surface area (Å²) < 4.78 is 0. The minimum absolute atomic E-state index is 0.234. The molecule has 0 bridgehead atoms. The molecule has 0 spiro atoms. The number of hydrogen-bond donors (Lipinski definition) is 1. The molecule has 5 heteroatoms. The fourth-order valence-electron chi connectivity index (χ4n) is 1.45. The Bertz CT molecular complexity index is 636. The van der Waals surface area contributed by atoms with E-state index in [0.717, 1.165) is 5.56 Å². The number of carboxylic acids is 1. The maximum atomic E-state index is 10.7. The van der Waals surface area contributed by atoms with Gasteiger partial charge in [-0.3, -0.25) is 4.99 Å². The maximum Gasteiger partial charge on any atom is 0.335 e. The van der Waals surface area contributed by atoms with Gasteiger partial charge in [0.15, 0.2) is 0 Å². The minimum atomic E-state index is -0.957. The third kappa shape index (κ3) is 3.34. The summed E-state index contributed by atoms with van der Waals surface area (Å²) in [6.45, 7) is 0. The van der Waals surface area contributed by atoms with E-state index in [2.05, 4.69) is 4.99 Å². The van der Waals surface area contributed by atoms with Crippen molar-refractivity contribution in [3.05, 3.63) is 63.6 Å². The molecule has 0 heterocycles. The van der Waals surface area contributed by atoms with Gasteiger partial charge in [-0.15, -0.1) is 0 Å². The molecule has 0 unspecified atom stereocenters. The number of halogens is 2. The highest BCUT2D eigenvalue weighted by Gasteiger charge is 2.03. The highest BCUT2D eigenvalue weighted by atomic mass is 35.5. The number of rotatable bonds is 3. The standard InChI is InChI=1S/C14H9Cl2NO2/c15-11-2-1-3-12(13(11)16)17-8-9-4-6-10(7-5-9)14(18)19/h1-8H,(H,18,19). The lowest BCUT2D eigenvalue weighted by Crippen LogP contribution is -1.95. The average Bonchev–Trinajstić information content (AvgIpc) is 2.41. The number of carboxylic acid groups (broad SMARTS) is 1. The lowest BCUT2D eigenvalue weighted by atomic mass is 10.1. The molecule has 0 saturated carbocycles. The van der Waals surface area contributed by atoms with Gasteiger partial charge in [-0.05, 0) is 29.8 Å². The summed E-state index contributed by atoms with van der Waals surface area (Å²) in [5.41, 5.74) is 1.58. The van der Waals surface area contributed by atoms with Gasteiger partial charge in [0.1, 0.15) is 0 Å². The van der Waals surface area contributed by atoms with Crippen molar-refractivity contribution in [2.75, 3.05) is 0 Å². The second-order valence-electron chi connectivity index (χ2n) is 3.76. The molecule has 0 aromatic heterocycles. The molecule has 0 aliphatic heterocycles. The Morgan fingerprint density at radius 2 is 1.79 bits per heavy atom. The van der Waals surface area contributed by atoms with Gasteiger partial charge in [0.05, 0.1) is 21.3 Å². The molecule has 96 valence electrons. The summed E-state index contributed by atoms with van der Waals surface area (Å²) in [6, 6.07) is 11.6. The summed E-state index contributed by atoms with van der Waals surface area (Å²) in [5, 5.41) is 9.62. The van der Waals surface area contributed by atoms with E-state index in [-0.39, 0.29) is 5.56 Å². The highest BCUT2D eigenvalue weighted by molar-refractivity contribution is 6.43. The van der Waals surface area contributed by atoms with Gasteiger partial charge in [-0.1, -0.05) is 41.4 Å². The SMILES string of the molecule is O=C(O)c1ccc(C=Nc2cccc(Cl)c2Cl)cc1. The predicted octanol–water partition coefficient (Wildman–Crippen LogP) is 4.44. The predicted molar refractivity (Wildman–Crippen MR) is 77.1 cm³/mol. The minimum Gasteiger partial charge on any atom is -0.478 e. The number of aromatic carboxylic acids is 1. The lowest BCUT2D eigenvalue weighted by Gasteiger charge is -2.00. The number of carbonyl (C=O) groups is 1. The van der Waals surface area contributed by atoms with Crippen LogP contribution in [0.5, 0.6) is 0 Å². The summed E-state index contributed by atoms with van der Waals surface area (Å²) in [6.07, 6.45) is 1.60. The highest BCUT2D eigenvalue weighted by Crippen LogP contribution is 2.31. The van der Waals surface area contributed by atoms with E-state index in [1.165, 1.54) is 12.1 Å². The molecule has 2 aromatic carbocycles. The van der Waals surface area contributed by atoms with Crippen LogP contribution in [0, 0.1) is 0 Å². The number of aliphatic imine (C=N–C) groups is 1. The van der Waals surface area contributed by atoms with Gasteiger partial charge >= 0.3 is 5.97 Å². The zero-order chi connectivity index (χ0) is 13.8. The van der Waals surface area contributed by atoms with Crippen LogP contribution in [0.2, 0.25) is 10.0 Å². The first-order valence-corrected chi connectivity index (χ1v) is 6.15. The molecule has 0 radical (unpaired) electrons. The van der Waals surface area contributed by atoms with Crippen molar-refractivity contribution in [1.29, 1.82) is 0 Å². The Morgan fingerprint density at radius 3 is 2.42 bits per heavy atom. The van der Waals surface area contributed by atoms with E-state index < -0.39 is 5.97 Å². The van der Waals surface area contributed by atoms with Crippen molar-refractivity contribution < 1.29 is 9.90 Å². The lowest BCUT2D eigenvalue weighted by molar-refractivity contribution is 0.0697. The van der Waals surface area contributed by atoms with E-state index in [0.29, 0.717) is 15.7 Å². The van der Waals surface area contributed by atoms with Crippen LogP contribution in [0.3, 0.4) is 0 Å². The van der Waals surface area contributed by atoms with E-state index in [1.807, 2.05) is 0 Å². The summed E-state index contributed by atoms with van der Waals surface area (Å²) in [5.74, 6) is -0.957. The zero-order valence-electron chi connectivity index (χ0n) is 9.68. The van der Waals surface area contributed by atoms with Gasteiger partial charge in [0.25, 0.3) is 0 Å². The van der Waals surface area contributed by atoms with Crippen molar-refractivity contribution in [2.24, 2.45) is 4.99 Å². The maximum absolute atomic E-state index is 10.7. The summed E-state index contributed by atoms with van der Waals surface area (Å²) in [7, 11) is 0. The molecule has 2 aromatic rings. The second-order valence-corrected chi connectivity index (χ2v) is 4.54. The van der Waals surface area contributed by atoms with Gasteiger partial charge < -0.3 is 5.11 Å². The first kappa shape index (κ1) is 13.6. The Morgan fingerprint density at radius 1 is 1.11 bits per heavy atom. The van der Waals surface area contributed by atoms with E-state index in [1.54, 1.807) is 36.5 Å². The molecule has 2 rings (SSSR count). The molecule has 19 heavy (non-hydrogen) atoms. The fraction of sp³-hybridized carbons (Fsp3) is 0. The van der Waals surface area contributed by atoms with Crippen molar-refractivity contribution >= 4 is 41.1 Å². The van der Waals surface area contributed by atoms with E-state index in [4.69, 9.17) is 28.3 Å². The van der Waals surface area contributed by atoms with Gasteiger partial charge in [0, 0.05) is 6.21 Å². The Kier molecular flexibility index (Phi) is 4.20.